The van der Waals surface area contributed by atoms with Crippen molar-refractivity contribution in [2.24, 2.45) is 5.92 Å². The van der Waals surface area contributed by atoms with Crippen LogP contribution in [0.3, 0.4) is 0 Å². The Hall–Kier alpha value is -2.45. The summed E-state index contributed by atoms with van der Waals surface area (Å²) in [5.41, 5.74) is 0.286. The Morgan fingerprint density at radius 2 is 2.14 bits per heavy atom. The smallest absolute Gasteiger partial charge is 0.231 e. The Bertz CT molecular complexity index is 772. The van der Waals surface area contributed by atoms with Crippen LogP contribution in [-0.2, 0) is 4.79 Å². The van der Waals surface area contributed by atoms with Gasteiger partial charge in [0.05, 0.1) is 11.6 Å². The molecule has 1 N–H and O–H groups in total. The molecule has 1 fully saturated rings. The van der Waals surface area contributed by atoms with Crippen molar-refractivity contribution in [3.63, 3.8) is 0 Å². The molecule has 2 aromatic rings. The number of nitrogens with one attached hydrogen (secondary N) is 1. The van der Waals surface area contributed by atoms with Gasteiger partial charge in [0.15, 0.2) is 5.67 Å². The van der Waals surface area contributed by atoms with E-state index in [-0.39, 0.29) is 11.7 Å². The summed E-state index contributed by atoms with van der Waals surface area (Å²) in [6, 6.07) is 8.72. The summed E-state index contributed by atoms with van der Waals surface area (Å²) >= 11 is 5.75. The minimum absolute atomic E-state index is 0.0762. The molecule has 1 aromatic heterocycles. The van der Waals surface area contributed by atoms with Crippen molar-refractivity contribution >= 4 is 23.2 Å². The van der Waals surface area contributed by atoms with Gasteiger partial charge in [-0.1, -0.05) is 18.1 Å². The molecule has 22 heavy (non-hydrogen) atoms. The topological polar surface area (TPSA) is 54.9 Å². The molecule has 0 bridgehead atoms. The molecule has 0 spiro atoms. The molecular formula is C16H11ClFN3O. The quantitative estimate of drug-likeness (QED) is 0.699. The van der Waals surface area contributed by atoms with Gasteiger partial charge in [-0.2, -0.15) is 0 Å². The van der Waals surface area contributed by atoms with Crippen molar-refractivity contribution in [2.75, 3.05) is 5.32 Å². The molecule has 1 heterocycles. The van der Waals surface area contributed by atoms with Crippen LogP contribution in [-0.4, -0.2) is 21.5 Å². The highest BCUT2D eigenvalue weighted by Crippen LogP contribution is 2.47. The van der Waals surface area contributed by atoms with Crippen molar-refractivity contribution in [2.45, 2.75) is 12.1 Å². The van der Waals surface area contributed by atoms with Crippen LogP contribution in [0.2, 0.25) is 5.28 Å². The Morgan fingerprint density at radius 3 is 2.73 bits per heavy atom. The number of nitrogens with zero attached hydrogens (tertiary/aromatic N) is 2. The van der Waals surface area contributed by atoms with Crippen LogP contribution in [0.15, 0.2) is 36.5 Å². The zero-order chi connectivity index (χ0) is 15.7. The second-order valence-electron chi connectivity index (χ2n) is 5.04. The van der Waals surface area contributed by atoms with Gasteiger partial charge in [0.25, 0.3) is 0 Å². The molecule has 3 rings (SSSR count). The van der Waals surface area contributed by atoms with Gasteiger partial charge in [-0.25, -0.2) is 14.4 Å². The fourth-order valence-corrected chi connectivity index (χ4v) is 2.29. The molecule has 1 aliphatic rings. The lowest BCUT2D eigenvalue weighted by molar-refractivity contribution is -0.117. The lowest BCUT2D eigenvalue weighted by atomic mass is 10.1. The Morgan fingerprint density at radius 1 is 1.41 bits per heavy atom. The molecule has 0 aliphatic heterocycles. The zero-order valence-electron chi connectivity index (χ0n) is 11.4. The van der Waals surface area contributed by atoms with Crippen LogP contribution in [0.4, 0.5) is 10.1 Å². The number of anilines is 1. The molecule has 1 aromatic carbocycles. The molecule has 1 unspecified atom stereocenters. The van der Waals surface area contributed by atoms with Crippen LogP contribution in [0.5, 0.6) is 0 Å². The fourth-order valence-electron chi connectivity index (χ4n) is 2.15. The summed E-state index contributed by atoms with van der Waals surface area (Å²) in [6.07, 6.45) is 6.70. The maximum Gasteiger partial charge on any atom is 0.231 e. The SMILES string of the molecule is C#CC1(F)C[C@H]1C(=O)Nc1ccc(-c2ccnc(Cl)n2)cc1. The summed E-state index contributed by atoms with van der Waals surface area (Å²) in [4.78, 5) is 19.8. The lowest BCUT2D eigenvalue weighted by Crippen LogP contribution is -2.18. The summed E-state index contributed by atoms with van der Waals surface area (Å²) in [6.45, 7) is 0. The van der Waals surface area contributed by atoms with E-state index in [1.54, 1.807) is 36.5 Å². The third-order valence-electron chi connectivity index (χ3n) is 3.52. The van der Waals surface area contributed by atoms with E-state index in [2.05, 4.69) is 15.3 Å². The third kappa shape index (κ3) is 2.78. The Kier molecular flexibility index (Phi) is 3.55. The number of halogens is 2. The van der Waals surface area contributed by atoms with Gasteiger partial charge in [0.1, 0.15) is 0 Å². The number of terminal acetylenes is 1. The summed E-state index contributed by atoms with van der Waals surface area (Å²) < 4.78 is 13.6. The van der Waals surface area contributed by atoms with Crippen molar-refractivity contribution in [3.8, 4) is 23.6 Å². The normalized spacial score (nSPS) is 22.7. The van der Waals surface area contributed by atoms with E-state index in [1.807, 2.05) is 5.92 Å². The first-order chi connectivity index (χ1) is 10.5. The number of hydrogen-bond donors (Lipinski definition) is 1. The average Bonchev–Trinajstić information content (AvgIpc) is 3.21. The predicted molar refractivity (Wildman–Crippen MR) is 81.9 cm³/mol. The molecule has 1 saturated carbocycles. The number of amides is 1. The van der Waals surface area contributed by atoms with Crippen LogP contribution in [0, 0.1) is 18.3 Å². The van der Waals surface area contributed by atoms with E-state index < -0.39 is 17.5 Å². The highest BCUT2D eigenvalue weighted by Gasteiger charge is 2.58. The largest absolute Gasteiger partial charge is 0.326 e. The molecular weight excluding hydrogens is 305 g/mol. The fraction of sp³-hybridized carbons (Fsp3) is 0.188. The van der Waals surface area contributed by atoms with Gasteiger partial charge in [-0.05, 0) is 29.8 Å². The molecule has 1 amide bonds. The summed E-state index contributed by atoms with van der Waals surface area (Å²) in [5.74, 6) is 0.844. The average molecular weight is 316 g/mol. The monoisotopic (exact) mass is 315 g/mol. The number of hydrogen-bond acceptors (Lipinski definition) is 3. The molecule has 2 atom stereocenters. The van der Waals surface area contributed by atoms with Crippen LogP contribution in [0.25, 0.3) is 11.3 Å². The second-order valence-corrected chi connectivity index (χ2v) is 5.38. The number of benzene rings is 1. The van der Waals surface area contributed by atoms with Gasteiger partial charge in [-0.15, -0.1) is 6.42 Å². The number of aromatic nitrogens is 2. The van der Waals surface area contributed by atoms with Crippen molar-refractivity contribution < 1.29 is 9.18 Å². The number of carbonyl (C=O) groups is 1. The van der Waals surface area contributed by atoms with E-state index in [0.717, 1.165) is 5.56 Å². The van der Waals surface area contributed by atoms with Crippen LogP contribution < -0.4 is 5.32 Å². The van der Waals surface area contributed by atoms with E-state index in [1.165, 1.54) is 0 Å². The van der Waals surface area contributed by atoms with Crippen LogP contribution in [0.1, 0.15) is 6.42 Å². The van der Waals surface area contributed by atoms with Crippen molar-refractivity contribution in [3.05, 3.63) is 41.8 Å². The molecule has 110 valence electrons. The van der Waals surface area contributed by atoms with E-state index in [9.17, 15) is 9.18 Å². The van der Waals surface area contributed by atoms with Gasteiger partial charge >= 0.3 is 0 Å². The maximum atomic E-state index is 13.6. The zero-order valence-corrected chi connectivity index (χ0v) is 12.1. The summed E-state index contributed by atoms with van der Waals surface area (Å²) in [5, 5.41) is 2.81. The van der Waals surface area contributed by atoms with Gasteiger partial charge in [0.2, 0.25) is 11.2 Å². The highest BCUT2D eigenvalue weighted by atomic mass is 35.5. The minimum Gasteiger partial charge on any atom is -0.326 e. The van der Waals surface area contributed by atoms with E-state index in [0.29, 0.717) is 11.4 Å². The number of carbonyl (C=O) groups excluding carboxylic acids is 1. The Balaban J connectivity index is 1.70. The first-order valence-corrected chi connectivity index (χ1v) is 6.96. The first-order valence-electron chi connectivity index (χ1n) is 6.58. The van der Waals surface area contributed by atoms with Gasteiger partial charge < -0.3 is 5.32 Å². The van der Waals surface area contributed by atoms with Gasteiger partial charge in [0, 0.05) is 23.9 Å². The van der Waals surface area contributed by atoms with E-state index >= 15 is 0 Å². The minimum atomic E-state index is -1.79. The molecule has 6 heteroatoms. The Labute approximate surface area is 131 Å². The second kappa shape index (κ2) is 5.39. The highest BCUT2D eigenvalue weighted by molar-refractivity contribution is 6.28. The molecule has 0 radical (unpaired) electrons. The van der Waals surface area contributed by atoms with Crippen LogP contribution >= 0.6 is 11.6 Å². The van der Waals surface area contributed by atoms with Crippen molar-refractivity contribution in [1.82, 2.24) is 9.97 Å². The molecule has 0 saturated heterocycles. The molecule has 4 nitrogen and oxygen atoms in total. The van der Waals surface area contributed by atoms with E-state index in [4.69, 9.17) is 18.0 Å². The third-order valence-corrected chi connectivity index (χ3v) is 3.71. The lowest BCUT2D eigenvalue weighted by Gasteiger charge is -2.06. The molecule has 1 aliphatic carbocycles. The summed E-state index contributed by atoms with van der Waals surface area (Å²) in [7, 11) is 0. The standard InChI is InChI=1S/C16H11ClFN3O/c1-2-16(18)9-12(16)14(22)20-11-5-3-10(4-6-11)13-7-8-19-15(17)21-13/h1,3-8,12H,9H2,(H,20,22)/t12-,16?/m0/s1. The maximum absolute atomic E-state index is 13.6. The van der Waals surface area contributed by atoms with Gasteiger partial charge in [-0.3, -0.25) is 4.79 Å². The number of rotatable bonds is 3. The van der Waals surface area contributed by atoms with Crippen molar-refractivity contribution in [1.29, 1.82) is 0 Å². The number of alkyl halides is 1. The predicted octanol–water partition coefficient (Wildman–Crippen LogP) is 3.10. The first kappa shape index (κ1) is 14.5.